The lowest BCUT2D eigenvalue weighted by Gasteiger charge is -2.08. The number of hydrogen-bond donors (Lipinski definition) is 1. The van der Waals surface area contributed by atoms with Crippen molar-refractivity contribution in [2.24, 2.45) is 7.05 Å². The first-order chi connectivity index (χ1) is 9.27. The first kappa shape index (κ1) is 14.6. The molecular weight excluding hydrogens is 278 g/mol. The maximum absolute atomic E-state index is 12.5. The van der Waals surface area contributed by atoms with E-state index in [2.05, 4.69) is 14.9 Å². The molecular formula is C12H19N5O2S. The van der Waals surface area contributed by atoms with E-state index in [1.165, 1.54) is 6.20 Å². The molecule has 0 atom stereocenters. The summed E-state index contributed by atoms with van der Waals surface area (Å²) >= 11 is 0. The first-order valence-electron chi connectivity index (χ1n) is 6.33. The van der Waals surface area contributed by atoms with E-state index in [0.29, 0.717) is 23.6 Å². The number of anilines is 1. The number of nitrogens with one attached hydrogen (secondary N) is 1. The number of nitrogens with zero attached hydrogens (tertiary/aromatic N) is 4. The molecule has 110 valence electrons. The van der Waals surface area contributed by atoms with Crippen LogP contribution < -0.4 is 4.72 Å². The largest absolute Gasteiger partial charge is 0.276 e. The van der Waals surface area contributed by atoms with Gasteiger partial charge in [-0.2, -0.15) is 10.2 Å². The van der Waals surface area contributed by atoms with Crippen molar-refractivity contribution in [2.45, 2.75) is 39.1 Å². The van der Waals surface area contributed by atoms with Gasteiger partial charge in [0.15, 0.2) is 0 Å². The van der Waals surface area contributed by atoms with Gasteiger partial charge in [-0.15, -0.1) is 0 Å². The third-order valence-corrected chi connectivity index (χ3v) is 4.98. The van der Waals surface area contributed by atoms with E-state index in [4.69, 9.17) is 0 Å². The van der Waals surface area contributed by atoms with Gasteiger partial charge >= 0.3 is 0 Å². The van der Waals surface area contributed by atoms with Crippen LogP contribution in [-0.2, 0) is 23.6 Å². The Labute approximate surface area is 118 Å². The van der Waals surface area contributed by atoms with Crippen LogP contribution in [0.1, 0.15) is 24.0 Å². The van der Waals surface area contributed by atoms with Crippen LogP contribution in [0.25, 0.3) is 0 Å². The Kier molecular flexibility index (Phi) is 3.59. The fraction of sp³-hybridized carbons (Fsp3) is 0.500. The second-order valence-corrected chi connectivity index (χ2v) is 6.31. The van der Waals surface area contributed by atoms with Crippen LogP contribution >= 0.6 is 0 Å². The van der Waals surface area contributed by atoms with Crippen molar-refractivity contribution in [3.8, 4) is 0 Å². The molecule has 0 unspecified atom stereocenters. The van der Waals surface area contributed by atoms with Crippen LogP contribution in [0.15, 0.2) is 11.1 Å². The highest BCUT2D eigenvalue weighted by molar-refractivity contribution is 7.92. The monoisotopic (exact) mass is 297 g/mol. The van der Waals surface area contributed by atoms with Crippen LogP contribution in [0.4, 0.5) is 5.69 Å². The van der Waals surface area contributed by atoms with Gasteiger partial charge in [-0.25, -0.2) is 8.42 Å². The zero-order valence-electron chi connectivity index (χ0n) is 12.3. The summed E-state index contributed by atoms with van der Waals surface area (Å²) in [5.41, 5.74) is 2.37. The molecule has 0 aromatic carbocycles. The normalized spacial score (nSPS) is 11.8. The zero-order valence-corrected chi connectivity index (χ0v) is 13.1. The highest BCUT2D eigenvalue weighted by atomic mass is 32.2. The topological polar surface area (TPSA) is 81.8 Å². The molecule has 0 saturated carbocycles. The molecule has 0 aliphatic heterocycles. The Hall–Kier alpha value is -1.83. The van der Waals surface area contributed by atoms with E-state index in [-0.39, 0.29) is 4.90 Å². The number of aromatic nitrogens is 4. The molecule has 0 bridgehead atoms. The molecule has 0 aliphatic carbocycles. The summed E-state index contributed by atoms with van der Waals surface area (Å²) in [7, 11) is -1.93. The second kappa shape index (κ2) is 4.93. The Bertz CT molecular complexity index is 742. The standard InChI is InChI=1S/C12H19N5O2S/c1-6-17-9(3)11(7-13-17)15-20(18,19)12-8(2)14-16(5)10(12)4/h7,15H,6H2,1-5H3. The van der Waals surface area contributed by atoms with Gasteiger partial charge < -0.3 is 0 Å². The molecule has 0 saturated heterocycles. The van der Waals surface area contributed by atoms with Crippen LogP contribution in [-0.4, -0.2) is 28.0 Å². The van der Waals surface area contributed by atoms with Crippen molar-refractivity contribution in [1.82, 2.24) is 19.6 Å². The lowest BCUT2D eigenvalue weighted by atomic mass is 10.4. The fourth-order valence-electron chi connectivity index (χ4n) is 2.20. The minimum atomic E-state index is -3.66. The number of hydrogen-bond acceptors (Lipinski definition) is 4. The summed E-state index contributed by atoms with van der Waals surface area (Å²) in [6, 6.07) is 0. The predicted octanol–water partition coefficient (Wildman–Crippen LogP) is 1.36. The van der Waals surface area contributed by atoms with Crippen LogP contribution in [0.5, 0.6) is 0 Å². The summed E-state index contributed by atoms with van der Waals surface area (Å²) in [5.74, 6) is 0. The predicted molar refractivity (Wildman–Crippen MR) is 76.1 cm³/mol. The minimum Gasteiger partial charge on any atom is -0.276 e. The molecule has 2 heterocycles. The van der Waals surface area contributed by atoms with E-state index in [9.17, 15) is 8.42 Å². The number of aryl methyl sites for hydroxylation is 3. The number of sulfonamides is 1. The first-order valence-corrected chi connectivity index (χ1v) is 7.81. The molecule has 0 spiro atoms. The SMILES string of the molecule is CCn1ncc(NS(=O)(=O)c2c(C)nn(C)c2C)c1C. The number of rotatable bonds is 4. The fourth-order valence-corrected chi connectivity index (χ4v) is 3.75. The molecule has 2 aromatic heterocycles. The lowest BCUT2D eigenvalue weighted by molar-refractivity contribution is 0.599. The molecule has 0 aliphatic rings. The Morgan fingerprint density at radius 3 is 2.35 bits per heavy atom. The molecule has 20 heavy (non-hydrogen) atoms. The molecule has 0 fully saturated rings. The molecule has 2 aromatic rings. The highest BCUT2D eigenvalue weighted by Gasteiger charge is 2.25. The second-order valence-electron chi connectivity index (χ2n) is 4.69. The van der Waals surface area contributed by atoms with Crippen LogP contribution in [0.2, 0.25) is 0 Å². The smallest absolute Gasteiger partial charge is 0.265 e. The van der Waals surface area contributed by atoms with Crippen molar-refractivity contribution in [1.29, 1.82) is 0 Å². The van der Waals surface area contributed by atoms with Gasteiger partial charge in [0.1, 0.15) is 4.90 Å². The molecule has 0 radical (unpaired) electrons. The van der Waals surface area contributed by atoms with Gasteiger partial charge in [-0.05, 0) is 27.7 Å². The molecule has 2 rings (SSSR count). The maximum atomic E-state index is 12.5. The van der Waals surface area contributed by atoms with Gasteiger partial charge in [0, 0.05) is 13.6 Å². The van der Waals surface area contributed by atoms with Crippen molar-refractivity contribution in [3.05, 3.63) is 23.3 Å². The van der Waals surface area contributed by atoms with Crippen LogP contribution in [0.3, 0.4) is 0 Å². The quantitative estimate of drug-likeness (QED) is 0.924. The highest BCUT2D eigenvalue weighted by Crippen LogP contribution is 2.23. The summed E-state index contributed by atoms with van der Waals surface area (Å²) in [4.78, 5) is 0.226. The van der Waals surface area contributed by atoms with E-state index in [1.807, 2.05) is 13.8 Å². The van der Waals surface area contributed by atoms with E-state index >= 15 is 0 Å². The average Bonchev–Trinajstić information content (AvgIpc) is 2.81. The third-order valence-electron chi connectivity index (χ3n) is 3.36. The summed E-state index contributed by atoms with van der Waals surface area (Å²) in [6.45, 7) is 7.89. The summed E-state index contributed by atoms with van der Waals surface area (Å²) < 4.78 is 30.9. The van der Waals surface area contributed by atoms with Crippen molar-refractivity contribution >= 4 is 15.7 Å². The van der Waals surface area contributed by atoms with Crippen LogP contribution in [0, 0.1) is 20.8 Å². The average molecular weight is 297 g/mol. The van der Waals surface area contributed by atoms with Gasteiger partial charge in [0.2, 0.25) is 0 Å². The lowest BCUT2D eigenvalue weighted by Crippen LogP contribution is -2.15. The molecule has 8 heteroatoms. The van der Waals surface area contributed by atoms with E-state index in [0.717, 1.165) is 5.69 Å². The minimum absolute atomic E-state index is 0.226. The van der Waals surface area contributed by atoms with Gasteiger partial charge in [-0.3, -0.25) is 14.1 Å². The molecule has 7 nitrogen and oxygen atoms in total. The van der Waals surface area contributed by atoms with E-state index < -0.39 is 10.0 Å². The molecule has 1 N–H and O–H groups in total. The Morgan fingerprint density at radius 1 is 1.25 bits per heavy atom. The van der Waals surface area contributed by atoms with Crippen molar-refractivity contribution < 1.29 is 8.42 Å². The van der Waals surface area contributed by atoms with E-state index in [1.54, 1.807) is 30.3 Å². The molecule has 0 amide bonds. The summed E-state index contributed by atoms with van der Waals surface area (Å²) in [6.07, 6.45) is 1.53. The third kappa shape index (κ3) is 2.31. The van der Waals surface area contributed by atoms with Gasteiger partial charge in [0.25, 0.3) is 10.0 Å². The van der Waals surface area contributed by atoms with Crippen molar-refractivity contribution in [3.63, 3.8) is 0 Å². The maximum Gasteiger partial charge on any atom is 0.265 e. The van der Waals surface area contributed by atoms with Crippen molar-refractivity contribution in [2.75, 3.05) is 4.72 Å². The van der Waals surface area contributed by atoms with Gasteiger partial charge in [0.05, 0.1) is 29.0 Å². The van der Waals surface area contributed by atoms with Gasteiger partial charge in [-0.1, -0.05) is 0 Å². The Balaban J connectivity index is 2.43. The Morgan fingerprint density at radius 2 is 1.90 bits per heavy atom. The summed E-state index contributed by atoms with van der Waals surface area (Å²) in [5, 5.41) is 8.27. The zero-order chi connectivity index (χ0) is 15.1.